The fraction of sp³-hybridized carbons (Fsp3) is 0.222. The number of nitriles is 1. The number of hydrogen-bond acceptors (Lipinski definition) is 4. The summed E-state index contributed by atoms with van der Waals surface area (Å²) in [5, 5.41) is 9.36. The molecule has 1 N–H and O–H groups in total. The van der Waals surface area contributed by atoms with Gasteiger partial charge in [-0.15, -0.1) is 0 Å². The fourth-order valence-electron chi connectivity index (χ4n) is 4.14. The summed E-state index contributed by atoms with van der Waals surface area (Å²) < 4.78 is 5.95. The van der Waals surface area contributed by atoms with Crippen molar-refractivity contribution in [1.29, 1.82) is 5.26 Å². The Balaban J connectivity index is 1.41. The molecule has 4 aromatic rings. The highest BCUT2D eigenvalue weighted by Crippen LogP contribution is 2.31. The van der Waals surface area contributed by atoms with E-state index in [1.807, 2.05) is 49.1 Å². The van der Waals surface area contributed by atoms with Crippen LogP contribution in [0.4, 0.5) is 0 Å². The van der Waals surface area contributed by atoms with Crippen LogP contribution in [0.5, 0.6) is 5.75 Å². The Kier molecular flexibility index (Phi) is 5.10. The Morgan fingerprint density at radius 2 is 1.85 bits per heavy atom. The number of ether oxygens (including phenoxy) is 1. The number of nitrogens with one attached hydrogen (secondary N) is 1. The highest BCUT2D eigenvalue weighted by atomic mass is 16.5. The molecular formula is C27H24N4O2. The Morgan fingerprint density at radius 1 is 1.09 bits per heavy atom. The molecule has 1 aromatic heterocycles. The Hall–Kier alpha value is -4.11. The Morgan fingerprint density at radius 3 is 2.64 bits per heavy atom. The number of nitrogens with zero attached hydrogens (tertiary/aromatic N) is 3. The first-order valence-corrected chi connectivity index (χ1v) is 10.9. The number of benzene rings is 3. The van der Waals surface area contributed by atoms with Crippen molar-refractivity contribution in [2.45, 2.75) is 25.8 Å². The van der Waals surface area contributed by atoms with E-state index in [2.05, 4.69) is 34.2 Å². The molecule has 1 amide bonds. The lowest BCUT2D eigenvalue weighted by Gasteiger charge is -2.21. The number of aromatic amines is 1. The number of fused-ring (bicyclic) bond motifs is 2. The number of hydrogen-bond donors (Lipinski definition) is 1. The molecule has 0 saturated heterocycles. The van der Waals surface area contributed by atoms with Gasteiger partial charge in [-0.2, -0.15) is 5.26 Å². The van der Waals surface area contributed by atoms with E-state index in [4.69, 9.17) is 4.74 Å². The van der Waals surface area contributed by atoms with Crippen molar-refractivity contribution in [3.63, 3.8) is 0 Å². The molecule has 0 saturated carbocycles. The van der Waals surface area contributed by atoms with Crippen LogP contribution in [0.2, 0.25) is 0 Å². The van der Waals surface area contributed by atoms with E-state index in [9.17, 15) is 10.1 Å². The quantitative estimate of drug-likeness (QED) is 0.486. The Bertz CT molecular complexity index is 1380. The molecule has 0 bridgehead atoms. The summed E-state index contributed by atoms with van der Waals surface area (Å²) in [4.78, 5) is 22.5. The highest BCUT2D eigenvalue weighted by Gasteiger charge is 2.23. The molecule has 1 aliphatic rings. The van der Waals surface area contributed by atoms with Crippen LogP contribution in [-0.4, -0.2) is 33.9 Å². The normalized spacial score (nSPS) is 13.7. The molecule has 164 valence electrons. The van der Waals surface area contributed by atoms with Gasteiger partial charge in [0.2, 0.25) is 0 Å². The molecular weight excluding hydrogens is 412 g/mol. The third kappa shape index (κ3) is 3.94. The molecule has 0 fully saturated rings. The molecule has 1 aliphatic heterocycles. The van der Waals surface area contributed by atoms with E-state index < -0.39 is 5.41 Å². The zero-order chi connectivity index (χ0) is 23.0. The summed E-state index contributed by atoms with van der Waals surface area (Å²) in [5.74, 6) is 0.764. The molecule has 3 aromatic carbocycles. The molecule has 5 rings (SSSR count). The van der Waals surface area contributed by atoms with Gasteiger partial charge in [-0.25, -0.2) is 4.98 Å². The van der Waals surface area contributed by atoms with Crippen LogP contribution in [-0.2, 0) is 12.0 Å². The number of H-pyrrole nitrogens is 1. The maximum Gasteiger partial charge on any atom is 0.254 e. The topological polar surface area (TPSA) is 82.0 Å². The van der Waals surface area contributed by atoms with Gasteiger partial charge >= 0.3 is 0 Å². The number of rotatable bonds is 3. The monoisotopic (exact) mass is 436 g/mol. The van der Waals surface area contributed by atoms with Gasteiger partial charge in [0.15, 0.2) is 0 Å². The van der Waals surface area contributed by atoms with E-state index in [0.29, 0.717) is 25.3 Å². The lowest BCUT2D eigenvalue weighted by Crippen LogP contribution is -2.32. The van der Waals surface area contributed by atoms with Gasteiger partial charge in [0, 0.05) is 17.7 Å². The predicted molar refractivity (Wildman–Crippen MR) is 127 cm³/mol. The van der Waals surface area contributed by atoms with Gasteiger partial charge in [-0.05, 0) is 66.9 Å². The maximum atomic E-state index is 13.3. The number of carbonyl (C=O) groups is 1. The molecule has 2 heterocycles. The van der Waals surface area contributed by atoms with E-state index in [-0.39, 0.29) is 5.91 Å². The summed E-state index contributed by atoms with van der Waals surface area (Å²) in [5.41, 5.74) is 5.94. The average Bonchev–Trinajstić information content (AvgIpc) is 3.21. The first-order chi connectivity index (χ1) is 15.9. The van der Waals surface area contributed by atoms with Gasteiger partial charge in [0.05, 0.1) is 35.4 Å². The summed E-state index contributed by atoms with van der Waals surface area (Å²) in [6.45, 7) is 5.16. The number of carbonyl (C=O) groups excluding carboxylic acids is 1. The Labute approximate surface area is 192 Å². The van der Waals surface area contributed by atoms with E-state index in [1.165, 1.54) is 0 Å². The molecule has 33 heavy (non-hydrogen) atoms. The van der Waals surface area contributed by atoms with E-state index in [1.54, 1.807) is 18.5 Å². The largest absolute Gasteiger partial charge is 0.491 e. The average molecular weight is 437 g/mol. The molecule has 0 radical (unpaired) electrons. The first kappa shape index (κ1) is 20.8. The van der Waals surface area contributed by atoms with E-state index >= 15 is 0 Å². The standard InChI is InChI=1S/C27H24N4O2/c1-27(2,16-28)22-7-3-18(4-8-22)26(32)31-11-12-33-25-10-6-19(13-21(25)15-31)20-5-9-23-24(14-20)30-17-29-23/h3-10,13-14,17H,11-12,15H2,1-2H3,(H,29,30). The zero-order valence-electron chi connectivity index (χ0n) is 18.6. The van der Waals surface area contributed by atoms with Gasteiger partial charge in [-0.3, -0.25) is 4.79 Å². The SMILES string of the molecule is CC(C)(C#N)c1ccc(C(=O)N2CCOc3ccc(-c4ccc5nc[nH]c5c4)cc3C2)cc1. The minimum Gasteiger partial charge on any atom is -0.491 e. The summed E-state index contributed by atoms with van der Waals surface area (Å²) >= 11 is 0. The van der Waals surface area contributed by atoms with Gasteiger partial charge in [0.1, 0.15) is 12.4 Å². The molecule has 6 heteroatoms. The molecule has 0 atom stereocenters. The lowest BCUT2D eigenvalue weighted by molar-refractivity contribution is 0.0733. The predicted octanol–water partition coefficient (Wildman–Crippen LogP) is 5.07. The third-order valence-corrected chi connectivity index (χ3v) is 6.21. The second-order valence-corrected chi connectivity index (χ2v) is 8.85. The van der Waals surface area contributed by atoms with Crippen molar-refractivity contribution >= 4 is 16.9 Å². The van der Waals surface area contributed by atoms with Crippen LogP contribution in [0.15, 0.2) is 67.0 Å². The molecule has 0 aliphatic carbocycles. The van der Waals surface area contributed by atoms with Crippen molar-refractivity contribution in [3.8, 4) is 22.9 Å². The highest BCUT2D eigenvalue weighted by molar-refractivity contribution is 5.94. The minimum absolute atomic E-state index is 0.0444. The van der Waals surface area contributed by atoms with Crippen molar-refractivity contribution in [3.05, 3.63) is 83.7 Å². The second-order valence-electron chi connectivity index (χ2n) is 8.85. The van der Waals surface area contributed by atoms with Crippen molar-refractivity contribution in [1.82, 2.24) is 14.9 Å². The smallest absolute Gasteiger partial charge is 0.254 e. The first-order valence-electron chi connectivity index (χ1n) is 10.9. The van der Waals surface area contributed by atoms with Crippen LogP contribution < -0.4 is 4.74 Å². The third-order valence-electron chi connectivity index (χ3n) is 6.21. The van der Waals surface area contributed by atoms with Crippen molar-refractivity contribution < 1.29 is 9.53 Å². The minimum atomic E-state index is -0.591. The molecule has 6 nitrogen and oxygen atoms in total. The second kappa shape index (κ2) is 8.10. The fourth-order valence-corrected chi connectivity index (χ4v) is 4.14. The lowest BCUT2D eigenvalue weighted by atomic mass is 9.86. The van der Waals surface area contributed by atoms with Gasteiger partial charge in [0.25, 0.3) is 5.91 Å². The maximum absolute atomic E-state index is 13.3. The number of aromatic nitrogens is 2. The summed E-state index contributed by atoms with van der Waals surface area (Å²) in [6, 6.07) is 21.9. The molecule has 0 unspecified atom stereocenters. The van der Waals surface area contributed by atoms with Crippen LogP contribution in [0.1, 0.15) is 35.3 Å². The van der Waals surface area contributed by atoms with Crippen molar-refractivity contribution in [2.24, 2.45) is 0 Å². The number of amides is 1. The molecule has 0 spiro atoms. The van der Waals surface area contributed by atoms with Crippen molar-refractivity contribution in [2.75, 3.05) is 13.2 Å². The summed E-state index contributed by atoms with van der Waals surface area (Å²) in [7, 11) is 0. The number of imidazole rings is 1. The van der Waals surface area contributed by atoms with Crippen LogP contribution >= 0.6 is 0 Å². The van der Waals surface area contributed by atoms with E-state index in [0.717, 1.165) is 39.0 Å². The van der Waals surface area contributed by atoms with Crippen LogP contribution in [0.25, 0.3) is 22.2 Å². The van der Waals surface area contributed by atoms with Crippen LogP contribution in [0, 0.1) is 11.3 Å². The van der Waals surface area contributed by atoms with Gasteiger partial charge < -0.3 is 14.6 Å². The summed E-state index contributed by atoms with van der Waals surface area (Å²) in [6.07, 6.45) is 1.69. The van der Waals surface area contributed by atoms with Crippen LogP contribution in [0.3, 0.4) is 0 Å². The van der Waals surface area contributed by atoms with Gasteiger partial charge in [-0.1, -0.05) is 24.3 Å². The zero-order valence-corrected chi connectivity index (χ0v) is 18.6.